The van der Waals surface area contributed by atoms with E-state index in [1.165, 1.54) is 15.1 Å². The molecule has 0 radical (unpaired) electrons. The van der Waals surface area contributed by atoms with Gasteiger partial charge in [0.25, 0.3) is 0 Å². The number of fused-ring (bicyclic) bond motifs is 1. The van der Waals surface area contributed by atoms with Crippen molar-refractivity contribution >= 4 is 44.3 Å². The van der Waals surface area contributed by atoms with Gasteiger partial charge in [-0.2, -0.15) is 0 Å². The second-order valence-electron chi connectivity index (χ2n) is 1.88. The lowest BCUT2D eigenvalue weighted by Crippen LogP contribution is -1.70. The Labute approximate surface area is 75.6 Å². The summed E-state index contributed by atoms with van der Waals surface area (Å²) in [6.45, 7) is 0. The number of halogens is 1. The summed E-state index contributed by atoms with van der Waals surface area (Å²) in [5, 5.41) is 3.94. The van der Waals surface area contributed by atoms with Gasteiger partial charge in [0, 0.05) is 3.57 Å². The summed E-state index contributed by atoms with van der Waals surface area (Å²) in [4.78, 5) is 0. The van der Waals surface area contributed by atoms with Crippen molar-refractivity contribution < 1.29 is 0 Å². The van der Waals surface area contributed by atoms with Crippen LogP contribution >= 0.6 is 34.1 Å². The van der Waals surface area contributed by atoms with Crippen molar-refractivity contribution in [1.29, 1.82) is 0 Å². The zero-order chi connectivity index (χ0) is 6.97. The van der Waals surface area contributed by atoms with E-state index in [0.717, 1.165) is 10.2 Å². The Morgan fingerprint density at radius 3 is 3.20 bits per heavy atom. The van der Waals surface area contributed by atoms with Crippen LogP contribution in [0.4, 0.5) is 0 Å². The van der Waals surface area contributed by atoms with E-state index in [1.807, 2.05) is 12.1 Å². The van der Waals surface area contributed by atoms with Gasteiger partial charge in [-0.3, -0.25) is 0 Å². The highest BCUT2D eigenvalue weighted by molar-refractivity contribution is 14.1. The lowest BCUT2D eigenvalue weighted by atomic mass is 10.3. The van der Waals surface area contributed by atoms with Crippen LogP contribution in [0.2, 0.25) is 0 Å². The molecule has 0 bridgehead atoms. The second kappa shape index (κ2) is 2.43. The third-order valence-corrected chi connectivity index (χ3v) is 2.58. The molecule has 0 saturated carbocycles. The fourth-order valence-electron chi connectivity index (χ4n) is 0.754. The minimum absolute atomic E-state index is 0.997. The van der Waals surface area contributed by atoms with Crippen LogP contribution in [0.1, 0.15) is 0 Å². The molecule has 0 fully saturated rings. The topological polar surface area (TPSA) is 25.8 Å². The first-order valence-corrected chi connectivity index (χ1v) is 4.59. The molecule has 2 rings (SSSR count). The molecule has 0 saturated heterocycles. The molecule has 0 spiro atoms. The maximum atomic E-state index is 3.94. The largest absolute Gasteiger partial charge is 0.138 e. The number of hydrogen-bond acceptors (Lipinski definition) is 3. The van der Waals surface area contributed by atoms with Crippen molar-refractivity contribution in [3.63, 3.8) is 0 Å². The van der Waals surface area contributed by atoms with Gasteiger partial charge in [0.05, 0.1) is 4.70 Å². The number of aromatic nitrogens is 2. The van der Waals surface area contributed by atoms with Crippen LogP contribution in [0.25, 0.3) is 10.2 Å². The Balaban J connectivity index is 2.86. The maximum Gasteiger partial charge on any atom is 0.107 e. The lowest BCUT2D eigenvalue weighted by Gasteiger charge is -1.85. The molecule has 0 aliphatic heterocycles. The van der Waals surface area contributed by atoms with E-state index in [9.17, 15) is 0 Å². The highest BCUT2D eigenvalue weighted by atomic mass is 127. The third-order valence-electron chi connectivity index (χ3n) is 1.21. The normalized spacial score (nSPS) is 10.5. The molecular weight excluding hydrogens is 259 g/mol. The monoisotopic (exact) mass is 262 g/mol. The van der Waals surface area contributed by atoms with Gasteiger partial charge < -0.3 is 0 Å². The predicted octanol–water partition coefficient (Wildman–Crippen LogP) is 2.30. The van der Waals surface area contributed by atoms with E-state index in [0.29, 0.717) is 0 Å². The lowest BCUT2D eigenvalue weighted by molar-refractivity contribution is 1.20. The fourth-order valence-corrected chi connectivity index (χ4v) is 1.77. The quantitative estimate of drug-likeness (QED) is 0.681. The first-order valence-electron chi connectivity index (χ1n) is 2.74. The van der Waals surface area contributed by atoms with Crippen molar-refractivity contribution in [2.45, 2.75) is 0 Å². The SMILES string of the molecule is Ic1ccc2snnc2c1. The minimum atomic E-state index is 0.997. The highest BCUT2D eigenvalue weighted by Crippen LogP contribution is 2.17. The number of benzene rings is 1. The molecule has 0 aliphatic carbocycles. The number of nitrogens with zero attached hydrogens (tertiary/aromatic N) is 2. The van der Waals surface area contributed by atoms with Crippen LogP contribution in [-0.4, -0.2) is 9.59 Å². The Bertz CT molecular complexity index is 357. The summed E-state index contributed by atoms with van der Waals surface area (Å²) in [6, 6.07) is 6.13. The zero-order valence-electron chi connectivity index (χ0n) is 4.91. The van der Waals surface area contributed by atoms with Crippen molar-refractivity contribution in [1.82, 2.24) is 9.59 Å². The zero-order valence-corrected chi connectivity index (χ0v) is 7.89. The Morgan fingerprint density at radius 1 is 1.40 bits per heavy atom. The minimum Gasteiger partial charge on any atom is -0.138 e. The molecule has 1 heterocycles. The standard InChI is InChI=1S/C6H3IN2S/c7-4-1-2-6-5(3-4)8-9-10-6/h1-3H. The summed E-state index contributed by atoms with van der Waals surface area (Å²) < 4.78 is 6.19. The molecule has 1 aromatic heterocycles. The molecule has 2 nitrogen and oxygen atoms in total. The summed E-state index contributed by atoms with van der Waals surface area (Å²) in [5.74, 6) is 0. The van der Waals surface area contributed by atoms with Gasteiger partial charge in [0.1, 0.15) is 5.52 Å². The molecule has 50 valence electrons. The maximum absolute atomic E-state index is 3.94. The first-order chi connectivity index (χ1) is 4.86. The molecule has 10 heavy (non-hydrogen) atoms. The van der Waals surface area contributed by atoms with Crippen LogP contribution < -0.4 is 0 Å². The molecule has 0 N–H and O–H groups in total. The van der Waals surface area contributed by atoms with E-state index < -0.39 is 0 Å². The van der Waals surface area contributed by atoms with Crippen LogP contribution in [0.15, 0.2) is 18.2 Å². The first kappa shape index (κ1) is 6.48. The van der Waals surface area contributed by atoms with Crippen LogP contribution in [-0.2, 0) is 0 Å². The average Bonchev–Trinajstić information content (AvgIpc) is 2.33. The Morgan fingerprint density at radius 2 is 2.30 bits per heavy atom. The van der Waals surface area contributed by atoms with Crippen LogP contribution in [0.5, 0.6) is 0 Å². The van der Waals surface area contributed by atoms with Crippen molar-refractivity contribution in [2.24, 2.45) is 0 Å². The van der Waals surface area contributed by atoms with Crippen molar-refractivity contribution in [3.8, 4) is 0 Å². The van der Waals surface area contributed by atoms with Crippen LogP contribution in [0.3, 0.4) is 0 Å². The van der Waals surface area contributed by atoms with E-state index in [1.54, 1.807) is 0 Å². The smallest absolute Gasteiger partial charge is 0.107 e. The van der Waals surface area contributed by atoms with Gasteiger partial charge in [-0.05, 0) is 52.3 Å². The van der Waals surface area contributed by atoms with E-state index in [2.05, 4.69) is 38.2 Å². The van der Waals surface area contributed by atoms with Gasteiger partial charge in [0.2, 0.25) is 0 Å². The van der Waals surface area contributed by atoms with E-state index >= 15 is 0 Å². The number of hydrogen-bond donors (Lipinski definition) is 0. The van der Waals surface area contributed by atoms with E-state index in [-0.39, 0.29) is 0 Å². The van der Waals surface area contributed by atoms with Crippen LogP contribution in [0, 0.1) is 3.57 Å². The fraction of sp³-hybridized carbons (Fsp3) is 0. The predicted molar refractivity (Wildman–Crippen MR) is 50.1 cm³/mol. The van der Waals surface area contributed by atoms with Gasteiger partial charge in [-0.25, -0.2) is 0 Å². The van der Waals surface area contributed by atoms with Gasteiger partial charge in [-0.1, -0.05) is 4.49 Å². The molecule has 4 heteroatoms. The highest BCUT2D eigenvalue weighted by Gasteiger charge is 1.95. The molecule has 0 unspecified atom stereocenters. The van der Waals surface area contributed by atoms with Gasteiger partial charge >= 0.3 is 0 Å². The van der Waals surface area contributed by atoms with E-state index in [4.69, 9.17) is 0 Å². The van der Waals surface area contributed by atoms with Crippen molar-refractivity contribution in [2.75, 3.05) is 0 Å². The molecule has 2 aromatic rings. The molecule has 0 aliphatic rings. The van der Waals surface area contributed by atoms with Gasteiger partial charge in [-0.15, -0.1) is 5.10 Å². The third kappa shape index (κ3) is 1.01. The molecule has 0 amide bonds. The Kier molecular flexibility index (Phi) is 1.57. The molecule has 1 aromatic carbocycles. The Hall–Kier alpha value is -0.230. The summed E-state index contributed by atoms with van der Waals surface area (Å²) in [6.07, 6.45) is 0. The van der Waals surface area contributed by atoms with Crippen molar-refractivity contribution in [3.05, 3.63) is 21.8 Å². The summed E-state index contributed by atoms with van der Waals surface area (Å²) in [5.41, 5.74) is 0.997. The second-order valence-corrected chi connectivity index (χ2v) is 3.92. The summed E-state index contributed by atoms with van der Waals surface area (Å²) >= 11 is 3.69. The molecular formula is C6H3IN2S. The molecule has 0 atom stereocenters. The number of rotatable bonds is 0. The van der Waals surface area contributed by atoms with Gasteiger partial charge in [0.15, 0.2) is 0 Å². The average molecular weight is 262 g/mol. The summed E-state index contributed by atoms with van der Waals surface area (Å²) in [7, 11) is 0.